The van der Waals surface area contributed by atoms with Gasteiger partial charge in [0.1, 0.15) is 17.7 Å². The Balaban J connectivity index is 2.79. The van der Waals surface area contributed by atoms with Gasteiger partial charge in [-0.15, -0.1) is 0 Å². The van der Waals surface area contributed by atoms with Gasteiger partial charge in [0, 0.05) is 6.61 Å². The number of anilines is 1. The van der Waals surface area contributed by atoms with Crippen LogP contribution in [0.25, 0.3) is 0 Å². The van der Waals surface area contributed by atoms with E-state index in [4.69, 9.17) is 15.3 Å². The van der Waals surface area contributed by atoms with Gasteiger partial charge in [-0.05, 0) is 27.7 Å². The highest BCUT2D eigenvalue weighted by molar-refractivity contribution is 5.47. The average Bonchev–Trinajstić information content (AvgIpc) is 2.30. The Labute approximate surface area is 102 Å². The first-order valence-electron chi connectivity index (χ1n) is 5.64. The minimum atomic E-state index is -0.0615. The quantitative estimate of drug-likeness (QED) is 0.574. The standard InChI is InChI=1S/C11H20N4O2/c1-5-16-6-7(2)17-11-8(3)10(15-12)13-9(4)14-11/h7H,5-6,12H2,1-4H3,(H,13,14,15). The number of ether oxygens (including phenoxy) is 2. The zero-order valence-corrected chi connectivity index (χ0v) is 10.8. The molecule has 0 amide bonds. The molecule has 96 valence electrons. The summed E-state index contributed by atoms with van der Waals surface area (Å²) < 4.78 is 11.0. The Morgan fingerprint density at radius 1 is 1.35 bits per heavy atom. The molecule has 1 unspecified atom stereocenters. The van der Waals surface area contributed by atoms with E-state index < -0.39 is 0 Å². The molecule has 1 aromatic heterocycles. The number of nitrogen functional groups attached to an aromatic ring is 1. The molecule has 0 aromatic carbocycles. The predicted octanol–water partition coefficient (Wildman–Crippen LogP) is 1.18. The number of aromatic nitrogens is 2. The summed E-state index contributed by atoms with van der Waals surface area (Å²) in [5.74, 6) is 7.11. The summed E-state index contributed by atoms with van der Waals surface area (Å²) in [6.07, 6.45) is -0.0615. The molecule has 1 aromatic rings. The summed E-state index contributed by atoms with van der Waals surface area (Å²) >= 11 is 0. The van der Waals surface area contributed by atoms with E-state index in [0.717, 1.165) is 5.56 Å². The molecular formula is C11H20N4O2. The maximum Gasteiger partial charge on any atom is 0.222 e. The van der Waals surface area contributed by atoms with Gasteiger partial charge in [-0.2, -0.15) is 4.98 Å². The van der Waals surface area contributed by atoms with Crippen LogP contribution >= 0.6 is 0 Å². The summed E-state index contributed by atoms with van der Waals surface area (Å²) in [5, 5.41) is 0. The third-order valence-corrected chi connectivity index (χ3v) is 2.22. The number of hydrogen-bond acceptors (Lipinski definition) is 6. The van der Waals surface area contributed by atoms with Gasteiger partial charge in [0.2, 0.25) is 5.88 Å². The third-order valence-electron chi connectivity index (χ3n) is 2.22. The molecule has 1 rings (SSSR count). The molecule has 0 radical (unpaired) electrons. The first-order valence-corrected chi connectivity index (χ1v) is 5.64. The van der Waals surface area contributed by atoms with Crippen LogP contribution in [0, 0.1) is 13.8 Å². The van der Waals surface area contributed by atoms with Gasteiger partial charge < -0.3 is 14.9 Å². The van der Waals surface area contributed by atoms with Crippen LogP contribution in [0.1, 0.15) is 25.2 Å². The van der Waals surface area contributed by atoms with Crippen LogP contribution in [0.4, 0.5) is 5.82 Å². The van der Waals surface area contributed by atoms with Crippen molar-refractivity contribution in [3.8, 4) is 5.88 Å². The van der Waals surface area contributed by atoms with E-state index in [1.54, 1.807) is 6.92 Å². The van der Waals surface area contributed by atoms with Crippen LogP contribution in [-0.4, -0.2) is 29.3 Å². The monoisotopic (exact) mass is 240 g/mol. The largest absolute Gasteiger partial charge is 0.472 e. The Bertz CT molecular complexity index is 371. The molecule has 0 saturated heterocycles. The molecule has 0 spiro atoms. The number of nitrogens with one attached hydrogen (secondary N) is 1. The van der Waals surface area contributed by atoms with Crippen LogP contribution in [0.2, 0.25) is 0 Å². The summed E-state index contributed by atoms with van der Waals surface area (Å²) in [7, 11) is 0. The van der Waals surface area contributed by atoms with Crippen molar-refractivity contribution in [3.05, 3.63) is 11.4 Å². The highest BCUT2D eigenvalue weighted by Gasteiger charge is 2.12. The maximum atomic E-state index is 5.70. The fourth-order valence-corrected chi connectivity index (χ4v) is 1.37. The maximum absolute atomic E-state index is 5.70. The van der Waals surface area contributed by atoms with Gasteiger partial charge in [0.05, 0.1) is 12.2 Å². The smallest absolute Gasteiger partial charge is 0.222 e. The van der Waals surface area contributed by atoms with Crippen LogP contribution in [0.3, 0.4) is 0 Å². The first kappa shape index (κ1) is 13.7. The van der Waals surface area contributed by atoms with Gasteiger partial charge in [0.15, 0.2) is 0 Å². The molecule has 0 saturated carbocycles. The molecule has 1 atom stereocenters. The van der Waals surface area contributed by atoms with Crippen LogP contribution in [0.15, 0.2) is 0 Å². The number of nitrogens with two attached hydrogens (primary N) is 1. The van der Waals surface area contributed by atoms with Gasteiger partial charge in [0.25, 0.3) is 0 Å². The molecule has 0 fully saturated rings. The van der Waals surface area contributed by atoms with Crippen LogP contribution in [0.5, 0.6) is 5.88 Å². The number of hydrazine groups is 1. The fourth-order valence-electron chi connectivity index (χ4n) is 1.37. The Morgan fingerprint density at radius 3 is 2.65 bits per heavy atom. The molecule has 6 heteroatoms. The van der Waals surface area contributed by atoms with Crippen molar-refractivity contribution < 1.29 is 9.47 Å². The Kier molecular flexibility index (Phi) is 5.11. The Hall–Kier alpha value is -1.40. The lowest BCUT2D eigenvalue weighted by atomic mass is 10.3. The molecule has 6 nitrogen and oxygen atoms in total. The predicted molar refractivity (Wildman–Crippen MR) is 65.9 cm³/mol. The van der Waals surface area contributed by atoms with Crippen molar-refractivity contribution in [2.45, 2.75) is 33.8 Å². The number of hydrogen-bond donors (Lipinski definition) is 2. The first-order chi connectivity index (χ1) is 8.08. The summed E-state index contributed by atoms with van der Waals surface area (Å²) in [5.41, 5.74) is 3.32. The van der Waals surface area contributed by atoms with Gasteiger partial charge >= 0.3 is 0 Å². The minimum absolute atomic E-state index is 0.0615. The lowest BCUT2D eigenvalue weighted by Crippen LogP contribution is -2.21. The lowest BCUT2D eigenvalue weighted by Gasteiger charge is -2.16. The SMILES string of the molecule is CCOCC(C)Oc1nc(C)nc(NN)c1C. The number of rotatable bonds is 6. The third kappa shape index (κ3) is 3.83. The van der Waals surface area contributed by atoms with Crippen molar-refractivity contribution in [1.82, 2.24) is 9.97 Å². The fraction of sp³-hybridized carbons (Fsp3) is 0.636. The molecule has 0 aliphatic carbocycles. The van der Waals surface area contributed by atoms with E-state index in [1.807, 2.05) is 20.8 Å². The van der Waals surface area contributed by atoms with Crippen molar-refractivity contribution in [3.63, 3.8) is 0 Å². The Morgan fingerprint density at radius 2 is 2.06 bits per heavy atom. The van der Waals surface area contributed by atoms with Crippen LogP contribution < -0.4 is 16.0 Å². The highest BCUT2D eigenvalue weighted by atomic mass is 16.5. The minimum Gasteiger partial charge on any atom is -0.472 e. The molecule has 1 heterocycles. The number of aryl methyl sites for hydroxylation is 1. The van der Waals surface area contributed by atoms with E-state index in [2.05, 4.69) is 15.4 Å². The molecule has 17 heavy (non-hydrogen) atoms. The number of nitrogens with zero attached hydrogens (tertiary/aromatic N) is 2. The van der Waals surface area contributed by atoms with Crippen molar-refractivity contribution in [2.75, 3.05) is 18.6 Å². The van der Waals surface area contributed by atoms with Gasteiger partial charge in [-0.1, -0.05) is 0 Å². The van der Waals surface area contributed by atoms with Crippen molar-refractivity contribution >= 4 is 5.82 Å². The summed E-state index contributed by atoms with van der Waals surface area (Å²) in [4.78, 5) is 8.41. The highest BCUT2D eigenvalue weighted by Crippen LogP contribution is 2.22. The van der Waals surface area contributed by atoms with Crippen LogP contribution in [-0.2, 0) is 4.74 Å². The van der Waals surface area contributed by atoms with E-state index in [9.17, 15) is 0 Å². The zero-order valence-electron chi connectivity index (χ0n) is 10.8. The van der Waals surface area contributed by atoms with Gasteiger partial charge in [-0.25, -0.2) is 10.8 Å². The molecular weight excluding hydrogens is 220 g/mol. The normalized spacial score (nSPS) is 12.3. The summed E-state index contributed by atoms with van der Waals surface area (Å²) in [6, 6.07) is 0. The van der Waals surface area contributed by atoms with Crippen molar-refractivity contribution in [2.24, 2.45) is 5.84 Å². The van der Waals surface area contributed by atoms with E-state index >= 15 is 0 Å². The van der Waals surface area contributed by atoms with Gasteiger partial charge in [-0.3, -0.25) is 0 Å². The second-order valence-corrected chi connectivity index (χ2v) is 3.78. The molecule has 0 aliphatic rings. The summed E-state index contributed by atoms with van der Waals surface area (Å²) in [6.45, 7) is 8.73. The van der Waals surface area contributed by atoms with E-state index in [-0.39, 0.29) is 6.10 Å². The van der Waals surface area contributed by atoms with E-state index in [1.165, 1.54) is 0 Å². The van der Waals surface area contributed by atoms with E-state index in [0.29, 0.717) is 30.7 Å². The topological polar surface area (TPSA) is 82.3 Å². The zero-order chi connectivity index (χ0) is 12.8. The average molecular weight is 240 g/mol. The molecule has 0 bridgehead atoms. The second-order valence-electron chi connectivity index (χ2n) is 3.78. The van der Waals surface area contributed by atoms with Crippen molar-refractivity contribution in [1.29, 1.82) is 0 Å². The molecule has 3 N–H and O–H groups in total. The molecule has 0 aliphatic heterocycles. The second kappa shape index (κ2) is 6.36. The lowest BCUT2D eigenvalue weighted by molar-refractivity contribution is 0.0628.